The smallest absolute Gasteiger partial charge is 0.251 e. The van der Waals surface area contributed by atoms with Crippen LogP contribution in [0.25, 0.3) is 0 Å². The topological polar surface area (TPSA) is 79.5 Å². The molecule has 1 aliphatic carbocycles. The molecule has 0 heterocycles. The van der Waals surface area contributed by atoms with Gasteiger partial charge in [0.2, 0.25) is 5.91 Å². The highest BCUT2D eigenvalue weighted by Crippen LogP contribution is 2.24. The standard InChI is InChI=1S/C25H33N3O3/c1-18(2)17-31-23-11-7-6-10-22(23)26-16-24(29)27-21-14-12-19(13-15-21)25(30)28-20-8-4-3-5-9-20/h6-7,10-15,18,20,26H,3-5,8-9,16-17H2,1-2H3,(H,27,29)(H,28,30). The molecule has 0 unspecified atom stereocenters. The second kappa shape index (κ2) is 11.4. The Bertz CT molecular complexity index is 859. The van der Waals surface area contributed by atoms with Crippen LogP contribution in [0.5, 0.6) is 5.75 Å². The Labute approximate surface area is 184 Å². The van der Waals surface area contributed by atoms with Gasteiger partial charge in [-0.25, -0.2) is 0 Å². The number of amides is 2. The molecule has 0 spiro atoms. The third-order valence-corrected chi connectivity index (χ3v) is 5.27. The summed E-state index contributed by atoms with van der Waals surface area (Å²) in [4.78, 5) is 24.8. The number of rotatable bonds is 9. The van der Waals surface area contributed by atoms with Gasteiger partial charge < -0.3 is 20.7 Å². The molecule has 0 saturated heterocycles. The van der Waals surface area contributed by atoms with Gasteiger partial charge in [-0.3, -0.25) is 9.59 Å². The molecular weight excluding hydrogens is 390 g/mol. The van der Waals surface area contributed by atoms with Crippen molar-refractivity contribution in [2.24, 2.45) is 5.92 Å². The van der Waals surface area contributed by atoms with Crippen molar-refractivity contribution in [3.05, 3.63) is 54.1 Å². The van der Waals surface area contributed by atoms with Gasteiger partial charge >= 0.3 is 0 Å². The summed E-state index contributed by atoms with van der Waals surface area (Å²) in [7, 11) is 0. The fourth-order valence-electron chi connectivity index (χ4n) is 3.60. The molecule has 1 aliphatic rings. The van der Waals surface area contributed by atoms with E-state index in [1.807, 2.05) is 24.3 Å². The first-order chi connectivity index (χ1) is 15.0. The van der Waals surface area contributed by atoms with Gasteiger partial charge in [0, 0.05) is 17.3 Å². The van der Waals surface area contributed by atoms with E-state index in [9.17, 15) is 9.59 Å². The van der Waals surface area contributed by atoms with Crippen molar-refractivity contribution >= 4 is 23.2 Å². The minimum Gasteiger partial charge on any atom is -0.491 e. The van der Waals surface area contributed by atoms with Crippen LogP contribution in [-0.2, 0) is 4.79 Å². The molecule has 0 aromatic heterocycles. The quantitative estimate of drug-likeness (QED) is 0.539. The molecule has 31 heavy (non-hydrogen) atoms. The highest BCUT2D eigenvalue weighted by Gasteiger charge is 2.16. The second-order valence-electron chi connectivity index (χ2n) is 8.49. The first-order valence-electron chi connectivity index (χ1n) is 11.2. The Morgan fingerprint density at radius 1 is 1.00 bits per heavy atom. The first-order valence-corrected chi connectivity index (χ1v) is 11.2. The zero-order chi connectivity index (χ0) is 22.1. The molecule has 0 bridgehead atoms. The van der Waals surface area contributed by atoms with Gasteiger partial charge in [-0.1, -0.05) is 45.2 Å². The van der Waals surface area contributed by atoms with Crippen LogP contribution < -0.4 is 20.7 Å². The number of benzene rings is 2. The highest BCUT2D eigenvalue weighted by atomic mass is 16.5. The van der Waals surface area contributed by atoms with E-state index < -0.39 is 0 Å². The van der Waals surface area contributed by atoms with Crippen molar-refractivity contribution in [3.63, 3.8) is 0 Å². The number of hydrogen-bond acceptors (Lipinski definition) is 4. The predicted octanol–water partition coefficient (Wildman–Crippen LogP) is 4.83. The van der Waals surface area contributed by atoms with Crippen molar-refractivity contribution < 1.29 is 14.3 Å². The van der Waals surface area contributed by atoms with E-state index >= 15 is 0 Å². The molecule has 166 valence electrons. The lowest BCUT2D eigenvalue weighted by Crippen LogP contribution is -2.36. The summed E-state index contributed by atoms with van der Waals surface area (Å²) < 4.78 is 5.81. The Morgan fingerprint density at radius 2 is 1.71 bits per heavy atom. The van der Waals surface area contributed by atoms with Gasteiger partial charge in [0.1, 0.15) is 5.75 Å². The van der Waals surface area contributed by atoms with E-state index in [4.69, 9.17) is 4.74 Å². The number of carbonyl (C=O) groups is 2. The SMILES string of the molecule is CC(C)COc1ccccc1NCC(=O)Nc1ccc(C(=O)NC2CCCCC2)cc1. The largest absolute Gasteiger partial charge is 0.491 e. The molecule has 1 saturated carbocycles. The lowest BCUT2D eigenvalue weighted by Gasteiger charge is -2.22. The monoisotopic (exact) mass is 423 g/mol. The summed E-state index contributed by atoms with van der Waals surface area (Å²) in [6, 6.07) is 14.9. The average Bonchev–Trinajstić information content (AvgIpc) is 2.78. The van der Waals surface area contributed by atoms with E-state index in [-0.39, 0.29) is 24.4 Å². The van der Waals surface area contributed by atoms with Gasteiger partial charge in [0.05, 0.1) is 18.8 Å². The highest BCUT2D eigenvalue weighted by molar-refractivity contribution is 5.96. The van der Waals surface area contributed by atoms with Gasteiger partial charge in [-0.15, -0.1) is 0 Å². The molecule has 3 rings (SSSR count). The summed E-state index contributed by atoms with van der Waals surface area (Å²) in [6.45, 7) is 4.92. The van der Waals surface area contributed by atoms with Crippen molar-refractivity contribution in [1.82, 2.24) is 5.32 Å². The maximum atomic E-state index is 12.4. The molecule has 2 aromatic rings. The number of para-hydroxylation sites is 2. The van der Waals surface area contributed by atoms with Crippen molar-refractivity contribution in [3.8, 4) is 5.75 Å². The van der Waals surface area contributed by atoms with E-state index in [0.717, 1.165) is 24.3 Å². The number of nitrogens with one attached hydrogen (secondary N) is 3. The lowest BCUT2D eigenvalue weighted by atomic mass is 9.95. The van der Waals surface area contributed by atoms with Gasteiger partial charge in [0.25, 0.3) is 5.91 Å². The molecule has 2 amide bonds. The van der Waals surface area contributed by atoms with Gasteiger partial charge in [-0.05, 0) is 55.2 Å². The van der Waals surface area contributed by atoms with Crippen LogP contribution in [0.15, 0.2) is 48.5 Å². The normalized spacial score (nSPS) is 14.2. The molecule has 0 atom stereocenters. The van der Waals surface area contributed by atoms with Crippen LogP contribution in [0.1, 0.15) is 56.3 Å². The van der Waals surface area contributed by atoms with Crippen LogP contribution in [-0.4, -0.2) is 31.0 Å². The second-order valence-corrected chi connectivity index (χ2v) is 8.49. The molecule has 0 radical (unpaired) electrons. The van der Waals surface area contributed by atoms with E-state index in [1.54, 1.807) is 24.3 Å². The lowest BCUT2D eigenvalue weighted by molar-refractivity contribution is -0.114. The van der Waals surface area contributed by atoms with E-state index in [1.165, 1.54) is 19.3 Å². The number of carbonyl (C=O) groups excluding carboxylic acids is 2. The Balaban J connectivity index is 1.48. The van der Waals surface area contributed by atoms with Crippen LogP contribution in [0, 0.1) is 5.92 Å². The van der Waals surface area contributed by atoms with Crippen molar-refractivity contribution in [1.29, 1.82) is 0 Å². The summed E-state index contributed by atoms with van der Waals surface area (Å²) in [6.07, 6.45) is 5.72. The maximum Gasteiger partial charge on any atom is 0.251 e. The van der Waals surface area contributed by atoms with Crippen LogP contribution in [0.4, 0.5) is 11.4 Å². The van der Waals surface area contributed by atoms with Crippen molar-refractivity contribution in [2.45, 2.75) is 52.0 Å². The van der Waals surface area contributed by atoms with Gasteiger partial charge in [-0.2, -0.15) is 0 Å². The zero-order valence-electron chi connectivity index (χ0n) is 18.4. The summed E-state index contributed by atoms with van der Waals surface area (Å²) in [5.74, 6) is 0.934. The number of ether oxygens (including phenoxy) is 1. The van der Waals surface area contributed by atoms with Crippen molar-refractivity contribution in [2.75, 3.05) is 23.8 Å². The minimum absolute atomic E-state index is 0.0514. The van der Waals surface area contributed by atoms with Crippen LogP contribution >= 0.6 is 0 Å². The molecule has 3 N–H and O–H groups in total. The number of anilines is 2. The van der Waals surface area contributed by atoms with Crippen LogP contribution in [0.3, 0.4) is 0 Å². The molecule has 6 nitrogen and oxygen atoms in total. The molecule has 0 aliphatic heterocycles. The molecular formula is C25H33N3O3. The molecule has 6 heteroatoms. The Morgan fingerprint density at radius 3 is 2.42 bits per heavy atom. The maximum absolute atomic E-state index is 12.4. The van der Waals surface area contributed by atoms with Crippen LogP contribution in [0.2, 0.25) is 0 Å². The summed E-state index contributed by atoms with van der Waals surface area (Å²) in [5.41, 5.74) is 2.05. The molecule has 2 aromatic carbocycles. The summed E-state index contributed by atoms with van der Waals surface area (Å²) >= 11 is 0. The third-order valence-electron chi connectivity index (χ3n) is 5.27. The summed E-state index contributed by atoms with van der Waals surface area (Å²) in [5, 5.41) is 9.09. The van der Waals surface area contributed by atoms with E-state index in [2.05, 4.69) is 29.8 Å². The minimum atomic E-state index is -0.168. The van der Waals surface area contributed by atoms with Gasteiger partial charge in [0.15, 0.2) is 0 Å². The third kappa shape index (κ3) is 7.31. The fourth-order valence-corrected chi connectivity index (χ4v) is 3.60. The average molecular weight is 424 g/mol. The zero-order valence-corrected chi connectivity index (χ0v) is 18.4. The number of hydrogen-bond donors (Lipinski definition) is 3. The Hall–Kier alpha value is -3.02. The molecule has 1 fully saturated rings. The fraction of sp³-hybridized carbons (Fsp3) is 0.440. The van der Waals surface area contributed by atoms with E-state index in [0.29, 0.717) is 23.8 Å². The predicted molar refractivity (Wildman–Crippen MR) is 125 cm³/mol. The first kappa shape index (κ1) is 22.7. The Kier molecular flexibility index (Phi) is 8.33.